The fourth-order valence-corrected chi connectivity index (χ4v) is 10.5. The van der Waals surface area contributed by atoms with Gasteiger partial charge in [-0.2, -0.15) is 5.70 Å². The second-order valence-corrected chi connectivity index (χ2v) is 19.8. The number of hydrogen-bond donors (Lipinski definition) is 0. The average Bonchev–Trinajstić information content (AvgIpc) is 3.99. The first-order valence-corrected chi connectivity index (χ1v) is 24.2. The molecule has 7 atom stereocenters. The number of allylic oxidation sites excluding steroid dienone is 4. The number of carbonyl (C=O) groups is 3. The van der Waals surface area contributed by atoms with Crippen molar-refractivity contribution in [3.8, 4) is 0 Å². The van der Waals surface area contributed by atoms with Crippen LogP contribution in [0, 0.1) is 55.3 Å². The SMILES string of the molecule is C=Cc1c2[n-]c(c1C)/C=C1\[N-]C(C3=C4[N-]C(=C(C)C4C(=O)[C@@H]3C(=O)OC)/C=c3\[n-]/c(c(C)c3CC)=C\2)[C@@H](CCC(=O)OC/C=C(\C)CCC[C@H](C)CCC[C@H](C)CCCC(C)C)[C@@H]1C.[Mg+2]. The molecule has 4 aliphatic rings. The number of hydrogen-bond acceptors (Lipinski definition) is 5. The first kappa shape index (κ1) is 52.0. The Balaban J connectivity index is 0.00000793. The van der Waals surface area contributed by atoms with E-state index in [0.717, 1.165) is 86.7 Å². The van der Waals surface area contributed by atoms with Gasteiger partial charge in [0.25, 0.3) is 0 Å². The van der Waals surface area contributed by atoms with Crippen LogP contribution in [0.1, 0.15) is 160 Å². The molecule has 0 aromatic carbocycles. The van der Waals surface area contributed by atoms with Gasteiger partial charge in [0.05, 0.1) is 7.11 Å². The maximum atomic E-state index is 14.4. The van der Waals surface area contributed by atoms with Crippen molar-refractivity contribution in [1.29, 1.82) is 0 Å². The van der Waals surface area contributed by atoms with E-state index in [4.69, 9.17) is 30.1 Å². The Kier molecular flexibility index (Phi) is 18.5. The normalized spacial score (nSPS) is 24.0. The van der Waals surface area contributed by atoms with Crippen molar-refractivity contribution in [2.45, 2.75) is 152 Å². The fourth-order valence-electron chi connectivity index (χ4n) is 10.5. The molecule has 6 rings (SSSR count). The molecular weight excluding hydrogens is 821 g/mol. The maximum absolute atomic E-state index is 14.4. The van der Waals surface area contributed by atoms with E-state index in [1.807, 2.05) is 44.2 Å². The number of ketones is 1. The average molecular weight is 896 g/mol. The van der Waals surface area contributed by atoms with E-state index in [-0.39, 0.29) is 59.7 Å². The standard InChI is InChI=1S/C55H74N4O5.Mg/c1-13-39-35(8)42-28-44-37(10)41(24-25-48(60)64-27-26-34(7)23-17-22-33(6)21-16-20-32(5)19-15-18-31(3)4)52(58-44)50-51(55(62)63-12)54(61)49-38(11)45(59-53(49)50)30-47-40(14-2)36(9)43(57-47)29-46(39)56-42;/h13,26,28-33,37,41,49,51-52H,1,14-25,27H2,2-12H3;/q-4;+2/b34-26+,43-29-,44-28-,47-30-;/t32-,33-,37+,41+,49?,51-,52?;/m1./s1. The smallest absolute Gasteiger partial charge is 0.681 e. The van der Waals surface area contributed by atoms with Crippen LogP contribution in [-0.4, -0.2) is 60.5 Å². The minimum Gasteiger partial charge on any atom is -0.681 e. The summed E-state index contributed by atoms with van der Waals surface area (Å²) in [6.07, 6.45) is 22.6. The van der Waals surface area contributed by atoms with Gasteiger partial charge in [0.2, 0.25) is 0 Å². The van der Waals surface area contributed by atoms with Crippen LogP contribution in [0.2, 0.25) is 0 Å². The van der Waals surface area contributed by atoms with Gasteiger partial charge in [-0.05, 0) is 94.6 Å². The second-order valence-electron chi connectivity index (χ2n) is 19.8. The molecule has 2 aromatic heterocycles. The largest absolute Gasteiger partial charge is 2.00 e. The number of aromatic nitrogens is 2. The molecule has 0 saturated carbocycles. The van der Waals surface area contributed by atoms with Crippen molar-refractivity contribution >= 4 is 65.1 Å². The van der Waals surface area contributed by atoms with Gasteiger partial charge in [0.1, 0.15) is 12.5 Å². The molecule has 348 valence electrons. The third kappa shape index (κ3) is 11.8. The van der Waals surface area contributed by atoms with Crippen molar-refractivity contribution in [2.24, 2.45) is 41.4 Å². The first-order chi connectivity index (χ1) is 30.6. The molecule has 0 spiro atoms. The van der Waals surface area contributed by atoms with Gasteiger partial charge in [-0.1, -0.05) is 157 Å². The van der Waals surface area contributed by atoms with E-state index in [0.29, 0.717) is 29.3 Å². The van der Waals surface area contributed by atoms with Crippen LogP contribution in [0.4, 0.5) is 0 Å². The second kappa shape index (κ2) is 23.1. The molecule has 2 aromatic rings. The molecule has 0 radical (unpaired) electrons. The number of fused-ring (bicyclic) bond motifs is 8. The third-order valence-corrected chi connectivity index (χ3v) is 14.7. The summed E-state index contributed by atoms with van der Waals surface area (Å²) in [6.45, 7) is 26.1. The third-order valence-electron chi connectivity index (χ3n) is 14.7. The molecule has 5 heterocycles. The van der Waals surface area contributed by atoms with E-state index < -0.39 is 23.8 Å². The zero-order valence-corrected chi connectivity index (χ0v) is 42.9. The topological polar surface area (TPSA) is 126 Å². The van der Waals surface area contributed by atoms with Gasteiger partial charge in [0.15, 0.2) is 5.78 Å². The number of esters is 2. The van der Waals surface area contributed by atoms with Crippen molar-refractivity contribution in [2.75, 3.05) is 13.7 Å². The van der Waals surface area contributed by atoms with Crippen LogP contribution in [0.25, 0.3) is 34.9 Å². The Labute approximate surface area is 405 Å². The zero-order chi connectivity index (χ0) is 46.4. The number of nitrogens with zero attached hydrogens (tertiary/aromatic N) is 4. The van der Waals surface area contributed by atoms with Gasteiger partial charge in [-0.25, -0.2) is 0 Å². The minimum atomic E-state index is -1.15. The minimum absolute atomic E-state index is 0. The van der Waals surface area contributed by atoms with Crippen molar-refractivity contribution in [3.05, 3.63) is 101 Å². The summed E-state index contributed by atoms with van der Waals surface area (Å²) in [7, 11) is 1.31. The molecule has 9 nitrogen and oxygen atoms in total. The Morgan fingerprint density at radius 3 is 2.20 bits per heavy atom. The van der Waals surface area contributed by atoms with Crippen molar-refractivity contribution in [1.82, 2.24) is 9.97 Å². The molecule has 10 heteroatoms. The number of carbonyl (C=O) groups excluding carboxylic acids is 3. The van der Waals surface area contributed by atoms with E-state index in [1.165, 1.54) is 57.6 Å². The quantitative estimate of drug-likeness (QED) is 0.0561. The summed E-state index contributed by atoms with van der Waals surface area (Å²) in [6, 6.07) is -0.592. The summed E-state index contributed by atoms with van der Waals surface area (Å²) in [5.74, 6) is -1.01. The van der Waals surface area contributed by atoms with Crippen LogP contribution in [0.5, 0.6) is 0 Å². The molecule has 8 bridgehead atoms. The van der Waals surface area contributed by atoms with Gasteiger partial charge in [-0.15, -0.1) is 33.5 Å². The summed E-state index contributed by atoms with van der Waals surface area (Å²) in [5.41, 5.74) is 10.2. The Bertz CT molecular complexity index is 2340. The molecular formula is C55H74MgN4O5-2. The summed E-state index contributed by atoms with van der Waals surface area (Å²) in [5, 5.41) is 12.1. The summed E-state index contributed by atoms with van der Waals surface area (Å²) >= 11 is 0. The molecule has 0 N–H and O–H groups in total. The summed E-state index contributed by atoms with van der Waals surface area (Å²) in [4.78, 5) is 51.6. The number of Topliss-reactive ketones (excluding diaryl/α,β-unsaturated/α-hetero) is 1. The molecule has 1 aliphatic carbocycles. The molecule has 0 amide bonds. The Morgan fingerprint density at radius 1 is 0.877 bits per heavy atom. The van der Waals surface area contributed by atoms with Crippen LogP contribution in [0.3, 0.4) is 0 Å². The molecule has 65 heavy (non-hydrogen) atoms. The van der Waals surface area contributed by atoms with Gasteiger partial charge in [0, 0.05) is 12.3 Å². The zero-order valence-electron chi connectivity index (χ0n) is 41.4. The van der Waals surface area contributed by atoms with E-state index in [2.05, 4.69) is 62.0 Å². The van der Waals surface area contributed by atoms with Crippen LogP contribution in [-0.2, 0) is 30.3 Å². The van der Waals surface area contributed by atoms with Crippen LogP contribution >= 0.6 is 0 Å². The predicted octanol–water partition coefficient (Wildman–Crippen LogP) is 10.6. The van der Waals surface area contributed by atoms with Crippen LogP contribution in [0.15, 0.2) is 46.5 Å². The summed E-state index contributed by atoms with van der Waals surface area (Å²) < 4.78 is 11.1. The monoisotopic (exact) mass is 895 g/mol. The van der Waals surface area contributed by atoms with E-state index in [9.17, 15) is 14.4 Å². The van der Waals surface area contributed by atoms with Crippen LogP contribution < -0.4 is 20.7 Å². The van der Waals surface area contributed by atoms with E-state index in [1.54, 1.807) is 0 Å². The molecule has 1 fully saturated rings. The Morgan fingerprint density at radius 2 is 1.55 bits per heavy atom. The number of methoxy groups -OCH3 is 1. The Hall–Kier alpha value is -4.02. The maximum Gasteiger partial charge on any atom is 2.00 e. The number of ether oxygens (including phenoxy) is 2. The van der Waals surface area contributed by atoms with Crippen molar-refractivity contribution < 1.29 is 23.9 Å². The van der Waals surface area contributed by atoms with Gasteiger partial charge in [-0.3, -0.25) is 14.4 Å². The van der Waals surface area contributed by atoms with Crippen molar-refractivity contribution in [3.63, 3.8) is 0 Å². The predicted molar refractivity (Wildman–Crippen MR) is 265 cm³/mol. The first-order valence-electron chi connectivity index (χ1n) is 24.2. The fraction of sp³-hybridized carbons (Fsp3) is 0.582. The molecule has 3 aliphatic heterocycles. The van der Waals surface area contributed by atoms with Gasteiger partial charge < -0.3 is 30.1 Å². The molecule has 1 saturated heterocycles. The molecule has 2 unspecified atom stereocenters. The van der Waals surface area contributed by atoms with E-state index >= 15 is 0 Å². The van der Waals surface area contributed by atoms with Gasteiger partial charge >= 0.3 is 35.0 Å². The number of rotatable bonds is 20.